The standard InChI is InChI=1S/C15H22FN3O4S.ClH/c16-13-8-5-9-14(15(13)19(20)21)24(22,23)18-11-10-17-12-6-3-1-2-4-7-12;/h5,8-9,12,17-18H,1-4,6-7,10-11H2;1H. The van der Waals surface area contributed by atoms with Crippen LogP contribution in [0.2, 0.25) is 0 Å². The second kappa shape index (κ2) is 10.0. The molecule has 0 bridgehead atoms. The van der Waals surface area contributed by atoms with Gasteiger partial charge in [-0.05, 0) is 25.0 Å². The predicted octanol–water partition coefficient (Wildman–Crippen LogP) is 2.75. The van der Waals surface area contributed by atoms with E-state index in [0.717, 1.165) is 31.0 Å². The molecule has 1 aliphatic rings. The van der Waals surface area contributed by atoms with Gasteiger partial charge in [0.05, 0.1) is 4.92 Å². The van der Waals surface area contributed by atoms with Crippen molar-refractivity contribution in [2.45, 2.75) is 49.5 Å². The van der Waals surface area contributed by atoms with Gasteiger partial charge >= 0.3 is 5.69 Å². The third-order valence-corrected chi connectivity index (χ3v) is 5.62. The van der Waals surface area contributed by atoms with Crippen LogP contribution in [0.3, 0.4) is 0 Å². The van der Waals surface area contributed by atoms with Crippen molar-refractivity contribution in [1.29, 1.82) is 0 Å². The molecule has 25 heavy (non-hydrogen) atoms. The lowest BCUT2D eigenvalue weighted by atomic mass is 10.1. The lowest BCUT2D eigenvalue weighted by Crippen LogP contribution is -2.37. The molecule has 0 aliphatic heterocycles. The van der Waals surface area contributed by atoms with Gasteiger partial charge in [0.15, 0.2) is 4.90 Å². The average molecular weight is 396 g/mol. The van der Waals surface area contributed by atoms with E-state index in [2.05, 4.69) is 10.0 Å². The zero-order valence-corrected chi connectivity index (χ0v) is 15.4. The molecule has 0 amide bonds. The molecule has 1 fully saturated rings. The molecule has 1 aromatic carbocycles. The van der Waals surface area contributed by atoms with Crippen molar-refractivity contribution in [2.24, 2.45) is 0 Å². The smallest absolute Gasteiger partial charge is 0.313 e. The number of sulfonamides is 1. The first kappa shape index (κ1) is 21.8. The fraction of sp³-hybridized carbons (Fsp3) is 0.600. The van der Waals surface area contributed by atoms with Gasteiger partial charge in [0, 0.05) is 19.1 Å². The Morgan fingerprint density at radius 3 is 2.40 bits per heavy atom. The molecule has 2 rings (SSSR count). The van der Waals surface area contributed by atoms with Crippen molar-refractivity contribution in [2.75, 3.05) is 13.1 Å². The van der Waals surface area contributed by atoms with E-state index in [1.165, 1.54) is 25.7 Å². The molecule has 142 valence electrons. The Morgan fingerprint density at radius 2 is 1.80 bits per heavy atom. The third-order valence-electron chi connectivity index (χ3n) is 4.13. The second-order valence-electron chi connectivity index (χ2n) is 5.88. The second-order valence-corrected chi connectivity index (χ2v) is 7.62. The fourth-order valence-corrected chi connectivity index (χ4v) is 4.12. The normalized spacial score (nSPS) is 16.0. The summed E-state index contributed by atoms with van der Waals surface area (Å²) in [6.07, 6.45) is 6.93. The summed E-state index contributed by atoms with van der Waals surface area (Å²) < 4.78 is 40.3. The van der Waals surface area contributed by atoms with Crippen molar-refractivity contribution < 1.29 is 17.7 Å². The van der Waals surface area contributed by atoms with E-state index < -0.39 is 31.3 Å². The van der Waals surface area contributed by atoms with E-state index in [-0.39, 0.29) is 19.0 Å². The van der Waals surface area contributed by atoms with Gasteiger partial charge in [-0.25, -0.2) is 13.1 Å². The molecule has 0 unspecified atom stereocenters. The first-order chi connectivity index (χ1) is 11.4. The van der Waals surface area contributed by atoms with Crippen LogP contribution in [-0.2, 0) is 10.0 Å². The number of nitro benzene ring substituents is 1. The quantitative estimate of drug-likeness (QED) is 0.320. The first-order valence-corrected chi connectivity index (χ1v) is 9.56. The van der Waals surface area contributed by atoms with Gasteiger partial charge in [-0.3, -0.25) is 10.1 Å². The van der Waals surface area contributed by atoms with Crippen molar-refractivity contribution in [3.8, 4) is 0 Å². The molecular formula is C15H23ClFN3O4S. The van der Waals surface area contributed by atoms with Crippen LogP contribution >= 0.6 is 12.4 Å². The van der Waals surface area contributed by atoms with Crippen molar-refractivity contribution in [3.63, 3.8) is 0 Å². The Kier molecular flexibility index (Phi) is 8.70. The van der Waals surface area contributed by atoms with E-state index in [4.69, 9.17) is 0 Å². The molecule has 0 atom stereocenters. The molecule has 1 aliphatic carbocycles. The van der Waals surface area contributed by atoms with Crippen molar-refractivity contribution >= 4 is 28.1 Å². The van der Waals surface area contributed by atoms with Crippen LogP contribution < -0.4 is 10.0 Å². The molecule has 7 nitrogen and oxygen atoms in total. The van der Waals surface area contributed by atoms with Gasteiger partial charge < -0.3 is 5.32 Å². The number of benzene rings is 1. The summed E-state index contributed by atoms with van der Waals surface area (Å²) in [4.78, 5) is 9.25. The molecule has 0 spiro atoms. The van der Waals surface area contributed by atoms with Crippen molar-refractivity contribution in [3.05, 3.63) is 34.1 Å². The van der Waals surface area contributed by atoms with Gasteiger partial charge in [-0.2, -0.15) is 4.39 Å². The molecule has 1 saturated carbocycles. The summed E-state index contributed by atoms with van der Waals surface area (Å²) in [5, 5.41) is 14.2. The summed E-state index contributed by atoms with van der Waals surface area (Å²) in [5.74, 6) is -1.17. The number of hydrogen-bond donors (Lipinski definition) is 2. The highest BCUT2D eigenvalue weighted by molar-refractivity contribution is 7.89. The first-order valence-electron chi connectivity index (χ1n) is 8.08. The van der Waals surface area contributed by atoms with Crippen LogP contribution in [-0.4, -0.2) is 32.5 Å². The highest BCUT2D eigenvalue weighted by Gasteiger charge is 2.29. The Morgan fingerprint density at radius 1 is 1.16 bits per heavy atom. The lowest BCUT2D eigenvalue weighted by molar-refractivity contribution is -0.390. The van der Waals surface area contributed by atoms with Crippen LogP contribution in [0.4, 0.5) is 10.1 Å². The third kappa shape index (κ3) is 6.18. The summed E-state index contributed by atoms with van der Waals surface area (Å²) in [5.41, 5.74) is -1.03. The Hall–Kier alpha value is -1.29. The van der Waals surface area contributed by atoms with Crippen LogP contribution in [0, 0.1) is 15.9 Å². The van der Waals surface area contributed by atoms with Crippen LogP contribution in [0.5, 0.6) is 0 Å². The van der Waals surface area contributed by atoms with E-state index in [0.29, 0.717) is 12.6 Å². The topological polar surface area (TPSA) is 101 Å². The number of nitro groups is 1. The van der Waals surface area contributed by atoms with E-state index in [9.17, 15) is 22.9 Å². The summed E-state index contributed by atoms with van der Waals surface area (Å²) in [6.45, 7) is 0.513. The molecule has 0 aromatic heterocycles. The van der Waals surface area contributed by atoms with E-state index >= 15 is 0 Å². The Labute approximate surface area is 153 Å². The molecular weight excluding hydrogens is 373 g/mol. The van der Waals surface area contributed by atoms with Crippen LogP contribution in [0.1, 0.15) is 38.5 Å². The minimum absolute atomic E-state index is 0. The minimum Gasteiger partial charge on any atom is -0.313 e. The van der Waals surface area contributed by atoms with Gasteiger partial charge in [-0.15, -0.1) is 12.4 Å². The Bertz CT molecular complexity index is 679. The maximum atomic E-state index is 13.6. The number of rotatable bonds is 7. The van der Waals surface area contributed by atoms with E-state index in [1.54, 1.807) is 0 Å². The number of nitrogens with zero attached hydrogens (tertiary/aromatic N) is 1. The molecule has 10 heteroatoms. The maximum absolute atomic E-state index is 13.6. The summed E-state index contributed by atoms with van der Waals surface area (Å²) in [6, 6.07) is 3.41. The lowest BCUT2D eigenvalue weighted by Gasteiger charge is -2.16. The number of hydrogen-bond acceptors (Lipinski definition) is 5. The Balaban J connectivity index is 0.00000312. The zero-order valence-electron chi connectivity index (χ0n) is 13.7. The van der Waals surface area contributed by atoms with Gasteiger partial charge in [-0.1, -0.05) is 31.7 Å². The SMILES string of the molecule is Cl.O=[N+]([O-])c1c(F)cccc1S(=O)(=O)NCCNC1CCCCCC1. The highest BCUT2D eigenvalue weighted by atomic mass is 35.5. The monoisotopic (exact) mass is 395 g/mol. The van der Waals surface area contributed by atoms with Gasteiger partial charge in [0.25, 0.3) is 0 Å². The molecule has 0 radical (unpaired) electrons. The van der Waals surface area contributed by atoms with Crippen molar-refractivity contribution in [1.82, 2.24) is 10.0 Å². The predicted molar refractivity (Wildman–Crippen MR) is 95.0 cm³/mol. The van der Waals surface area contributed by atoms with E-state index in [1.807, 2.05) is 0 Å². The van der Waals surface area contributed by atoms with Gasteiger partial charge in [0.2, 0.25) is 15.8 Å². The highest BCUT2D eigenvalue weighted by Crippen LogP contribution is 2.26. The number of halogens is 2. The average Bonchev–Trinajstić information content (AvgIpc) is 2.79. The maximum Gasteiger partial charge on any atom is 0.324 e. The number of nitrogens with one attached hydrogen (secondary N) is 2. The molecule has 1 aromatic rings. The number of para-hydroxylation sites is 1. The molecule has 0 heterocycles. The summed E-state index contributed by atoms with van der Waals surface area (Å²) >= 11 is 0. The molecule has 0 saturated heterocycles. The minimum atomic E-state index is -4.14. The van der Waals surface area contributed by atoms with Crippen LogP contribution in [0.25, 0.3) is 0 Å². The zero-order chi connectivity index (χ0) is 17.6. The van der Waals surface area contributed by atoms with Crippen LogP contribution in [0.15, 0.2) is 23.1 Å². The summed E-state index contributed by atoms with van der Waals surface area (Å²) in [7, 11) is -4.14. The largest absolute Gasteiger partial charge is 0.324 e. The fourth-order valence-electron chi connectivity index (χ4n) is 2.91. The molecule has 2 N–H and O–H groups in total. The van der Waals surface area contributed by atoms with Gasteiger partial charge in [0.1, 0.15) is 0 Å².